The minimum atomic E-state index is -0.790. The molecule has 2 aromatic carbocycles. The largest absolute Gasteiger partial charge is 0.490 e. The number of amides is 1. The van der Waals surface area contributed by atoms with Gasteiger partial charge in [0.2, 0.25) is 0 Å². The van der Waals surface area contributed by atoms with Crippen LogP contribution in [-0.2, 0) is 4.79 Å². The first-order valence-corrected chi connectivity index (χ1v) is 11.0. The maximum Gasteiger partial charge on any atom is 0.306 e. The topological polar surface area (TPSA) is 92.7 Å². The lowest BCUT2D eigenvalue weighted by molar-refractivity contribution is -0.143. The molecule has 1 amide bonds. The minimum absolute atomic E-state index is 0.0176. The number of halogens is 2. The zero-order valence-corrected chi connectivity index (χ0v) is 18.2. The van der Waals surface area contributed by atoms with Gasteiger partial charge >= 0.3 is 5.97 Å². The maximum absolute atomic E-state index is 14.5. The van der Waals surface area contributed by atoms with Crippen LogP contribution < -0.4 is 10.1 Å². The summed E-state index contributed by atoms with van der Waals surface area (Å²) in [6.07, 6.45) is 2.58. The summed E-state index contributed by atoms with van der Waals surface area (Å²) in [5.74, 6) is -2.08. The van der Waals surface area contributed by atoms with Crippen LogP contribution >= 0.6 is 11.6 Å². The molecule has 3 rings (SSSR count). The van der Waals surface area contributed by atoms with Crippen LogP contribution in [0.2, 0.25) is 5.02 Å². The number of ether oxygens (including phenoxy) is 1. The highest BCUT2D eigenvalue weighted by Crippen LogP contribution is 2.28. The normalized spacial score (nSPS) is 18.1. The highest BCUT2D eigenvalue weighted by Gasteiger charge is 2.27. The number of nitrogens with one attached hydrogen (secondary N) is 1. The molecular weight excluding hydrogens is 437 g/mol. The van der Waals surface area contributed by atoms with E-state index in [1.807, 2.05) is 0 Å². The van der Waals surface area contributed by atoms with Crippen molar-refractivity contribution in [3.8, 4) is 5.75 Å². The molecule has 0 aromatic heterocycles. The van der Waals surface area contributed by atoms with Crippen molar-refractivity contribution in [3.63, 3.8) is 0 Å². The molecule has 1 aliphatic carbocycles. The summed E-state index contributed by atoms with van der Waals surface area (Å²) in [6.45, 7) is 0.287. The molecule has 0 radical (unpaired) electrons. The van der Waals surface area contributed by atoms with Crippen LogP contribution in [0.4, 0.5) is 4.39 Å². The molecule has 0 spiro atoms. The molecule has 6 nitrogen and oxygen atoms in total. The molecule has 0 heterocycles. The number of carboxylic acids is 1. The van der Waals surface area contributed by atoms with Gasteiger partial charge in [0.15, 0.2) is 5.78 Å². The maximum atomic E-state index is 14.5. The Morgan fingerprint density at radius 2 is 1.75 bits per heavy atom. The lowest BCUT2D eigenvalue weighted by atomic mass is 9.87. The first-order valence-electron chi connectivity index (χ1n) is 10.6. The fourth-order valence-electron chi connectivity index (χ4n) is 3.70. The fraction of sp³-hybridized carbons (Fsp3) is 0.375. The number of benzene rings is 2. The Labute approximate surface area is 190 Å². The van der Waals surface area contributed by atoms with Crippen LogP contribution in [0.3, 0.4) is 0 Å². The second-order valence-electron chi connectivity index (χ2n) is 7.86. The third-order valence-electron chi connectivity index (χ3n) is 5.54. The summed E-state index contributed by atoms with van der Waals surface area (Å²) < 4.78 is 20.2. The van der Waals surface area contributed by atoms with E-state index in [0.29, 0.717) is 48.4 Å². The Bertz CT molecular complexity index is 971. The molecule has 1 fully saturated rings. The van der Waals surface area contributed by atoms with Gasteiger partial charge in [0.1, 0.15) is 11.6 Å². The second kappa shape index (κ2) is 11.1. The van der Waals surface area contributed by atoms with E-state index in [2.05, 4.69) is 5.32 Å². The lowest BCUT2D eigenvalue weighted by Crippen LogP contribution is -2.27. The van der Waals surface area contributed by atoms with Crippen molar-refractivity contribution >= 4 is 29.3 Å². The van der Waals surface area contributed by atoms with Gasteiger partial charge in [-0.1, -0.05) is 11.6 Å². The smallest absolute Gasteiger partial charge is 0.306 e. The van der Waals surface area contributed by atoms with Crippen molar-refractivity contribution in [1.29, 1.82) is 0 Å². The molecule has 8 heteroatoms. The average molecular weight is 462 g/mol. The number of carboxylic acid groups (broad SMARTS) is 1. The van der Waals surface area contributed by atoms with Crippen LogP contribution in [0.1, 0.15) is 59.2 Å². The van der Waals surface area contributed by atoms with Gasteiger partial charge in [-0.15, -0.1) is 0 Å². The molecular formula is C24H25ClFNO5. The molecule has 0 unspecified atom stereocenters. The van der Waals surface area contributed by atoms with Crippen molar-refractivity contribution < 1.29 is 28.6 Å². The minimum Gasteiger partial charge on any atom is -0.490 e. The molecule has 2 N–H and O–H groups in total. The molecule has 2 aromatic rings. The highest BCUT2D eigenvalue weighted by atomic mass is 35.5. The molecule has 1 aliphatic rings. The van der Waals surface area contributed by atoms with Gasteiger partial charge in [0.05, 0.1) is 17.6 Å². The van der Waals surface area contributed by atoms with Crippen molar-refractivity contribution in [2.75, 3.05) is 6.54 Å². The van der Waals surface area contributed by atoms with Crippen molar-refractivity contribution in [2.45, 2.75) is 44.6 Å². The van der Waals surface area contributed by atoms with Crippen molar-refractivity contribution in [2.24, 2.45) is 5.92 Å². The van der Waals surface area contributed by atoms with E-state index in [1.165, 1.54) is 12.1 Å². The summed E-state index contributed by atoms with van der Waals surface area (Å²) in [5.41, 5.74) is 0.453. The molecule has 0 saturated heterocycles. The predicted molar refractivity (Wildman–Crippen MR) is 118 cm³/mol. The number of ketones is 1. The predicted octanol–water partition coefficient (Wildman–Crippen LogP) is 4.89. The van der Waals surface area contributed by atoms with Crippen LogP contribution in [0.15, 0.2) is 42.5 Å². The van der Waals surface area contributed by atoms with Crippen LogP contribution in [-0.4, -0.2) is 35.4 Å². The Kier molecular flexibility index (Phi) is 8.22. The molecule has 32 heavy (non-hydrogen) atoms. The second-order valence-corrected chi connectivity index (χ2v) is 8.30. The van der Waals surface area contributed by atoms with Crippen LogP contribution in [0.5, 0.6) is 5.75 Å². The Morgan fingerprint density at radius 1 is 1.06 bits per heavy atom. The summed E-state index contributed by atoms with van der Waals surface area (Å²) in [4.78, 5) is 35.4. The van der Waals surface area contributed by atoms with Gasteiger partial charge in [-0.05, 0) is 68.5 Å². The third kappa shape index (κ3) is 6.53. The van der Waals surface area contributed by atoms with Gasteiger partial charge in [0, 0.05) is 29.6 Å². The zero-order chi connectivity index (χ0) is 23.1. The van der Waals surface area contributed by atoms with Crippen LogP contribution in [0, 0.1) is 11.7 Å². The summed E-state index contributed by atoms with van der Waals surface area (Å²) in [5, 5.41) is 12.3. The van der Waals surface area contributed by atoms with Gasteiger partial charge < -0.3 is 15.2 Å². The Balaban J connectivity index is 1.44. The van der Waals surface area contributed by atoms with Gasteiger partial charge in [0.25, 0.3) is 5.91 Å². The standard InChI is InChI=1S/C24H25ClFNO5/c25-17-7-3-15(4-8-17)23(29)27-13-1-2-22(28)20-12-11-19(14-21(20)26)32-18-9-5-16(6-10-18)24(30)31/h3-4,7-8,11-12,14,16,18H,1-2,5-6,9-10,13H2,(H,27,29)(H,30,31). The summed E-state index contributed by atoms with van der Waals surface area (Å²) in [6, 6.07) is 10.6. The van der Waals surface area contributed by atoms with E-state index in [1.54, 1.807) is 30.3 Å². The quantitative estimate of drug-likeness (QED) is 0.409. The number of aliphatic carboxylic acids is 1. The molecule has 0 atom stereocenters. The first kappa shape index (κ1) is 23.7. The molecule has 0 bridgehead atoms. The van der Waals surface area contributed by atoms with Crippen molar-refractivity contribution in [3.05, 3.63) is 64.4 Å². The number of hydrogen-bond donors (Lipinski definition) is 2. The van der Waals surface area contributed by atoms with E-state index in [0.717, 1.165) is 0 Å². The summed E-state index contributed by atoms with van der Waals surface area (Å²) in [7, 11) is 0. The van der Waals surface area contributed by atoms with Crippen molar-refractivity contribution in [1.82, 2.24) is 5.32 Å². The highest BCUT2D eigenvalue weighted by molar-refractivity contribution is 6.30. The van der Waals surface area contributed by atoms with E-state index >= 15 is 0 Å². The number of rotatable bonds is 9. The van der Waals surface area contributed by atoms with Gasteiger partial charge in [-0.2, -0.15) is 0 Å². The van der Waals surface area contributed by atoms with Crippen LogP contribution in [0.25, 0.3) is 0 Å². The fourth-order valence-corrected chi connectivity index (χ4v) is 3.83. The first-order chi connectivity index (χ1) is 15.3. The van der Waals surface area contributed by atoms with E-state index in [9.17, 15) is 18.8 Å². The van der Waals surface area contributed by atoms with Gasteiger partial charge in [-0.25, -0.2) is 4.39 Å². The van der Waals surface area contributed by atoms with E-state index in [4.69, 9.17) is 21.4 Å². The molecule has 170 valence electrons. The van der Waals surface area contributed by atoms with Gasteiger partial charge in [-0.3, -0.25) is 14.4 Å². The van der Waals surface area contributed by atoms with E-state index < -0.39 is 11.8 Å². The average Bonchev–Trinajstić information content (AvgIpc) is 2.77. The summed E-state index contributed by atoms with van der Waals surface area (Å²) >= 11 is 5.80. The number of Topliss-reactive ketones (excluding diaryl/α,β-unsaturated/α-hetero) is 1. The monoisotopic (exact) mass is 461 g/mol. The zero-order valence-electron chi connectivity index (χ0n) is 17.5. The number of carbonyl (C=O) groups excluding carboxylic acids is 2. The van der Waals surface area contributed by atoms with E-state index in [-0.39, 0.29) is 42.2 Å². The molecule has 0 aliphatic heterocycles. The third-order valence-corrected chi connectivity index (χ3v) is 5.79. The Hall–Kier alpha value is -2.93. The number of hydrogen-bond acceptors (Lipinski definition) is 4. The SMILES string of the molecule is O=C(NCCCC(=O)c1ccc(OC2CCC(C(=O)O)CC2)cc1F)c1ccc(Cl)cc1. The number of carbonyl (C=O) groups is 3. The Morgan fingerprint density at radius 3 is 2.38 bits per heavy atom. The lowest BCUT2D eigenvalue weighted by Gasteiger charge is -2.26. The molecule has 1 saturated carbocycles.